The average molecular weight is 372 g/mol. The van der Waals surface area contributed by atoms with Crippen LogP contribution in [0.2, 0.25) is 0 Å². The van der Waals surface area contributed by atoms with Gasteiger partial charge in [0.05, 0.1) is 6.04 Å². The molecule has 5 heteroatoms. The third kappa shape index (κ3) is 4.52. The van der Waals surface area contributed by atoms with E-state index in [4.69, 9.17) is 4.74 Å². The van der Waals surface area contributed by atoms with Gasteiger partial charge in [-0.2, -0.15) is 0 Å². The molecular formula is C21H25NO3S. The summed E-state index contributed by atoms with van der Waals surface area (Å²) in [7, 11) is 0. The summed E-state index contributed by atoms with van der Waals surface area (Å²) in [5.74, 6) is -0.671. The van der Waals surface area contributed by atoms with E-state index in [1.807, 2.05) is 44.2 Å². The minimum Gasteiger partial charge on any atom is -0.451 e. The molecule has 26 heavy (non-hydrogen) atoms. The number of rotatable bonds is 6. The number of thiophene rings is 1. The van der Waals surface area contributed by atoms with Crippen LogP contribution in [0.25, 0.3) is 0 Å². The van der Waals surface area contributed by atoms with Crippen LogP contribution in [0.4, 0.5) is 0 Å². The van der Waals surface area contributed by atoms with Gasteiger partial charge in [0, 0.05) is 4.88 Å². The van der Waals surface area contributed by atoms with Crippen LogP contribution in [-0.4, -0.2) is 18.5 Å². The second kappa shape index (κ2) is 8.49. The number of fused-ring (bicyclic) bond motifs is 1. The number of hydrogen-bond acceptors (Lipinski definition) is 4. The van der Waals surface area contributed by atoms with Crippen molar-refractivity contribution < 1.29 is 14.3 Å². The number of amides is 1. The van der Waals surface area contributed by atoms with E-state index in [1.165, 1.54) is 40.2 Å². The second-order valence-corrected chi connectivity index (χ2v) is 7.92. The first-order chi connectivity index (χ1) is 12.6. The molecule has 138 valence electrons. The third-order valence-corrected chi connectivity index (χ3v) is 5.97. The number of ether oxygens (including phenoxy) is 1. The summed E-state index contributed by atoms with van der Waals surface area (Å²) >= 11 is 1.51. The summed E-state index contributed by atoms with van der Waals surface area (Å²) in [6.07, 6.45) is 5.22. The predicted octanol–water partition coefficient (Wildman–Crippen LogP) is 4.36. The maximum Gasteiger partial charge on any atom is 0.348 e. The molecule has 3 rings (SSSR count). The Morgan fingerprint density at radius 3 is 2.62 bits per heavy atom. The molecule has 0 saturated carbocycles. The van der Waals surface area contributed by atoms with Gasteiger partial charge in [0.1, 0.15) is 4.88 Å². The maximum atomic E-state index is 12.2. The fourth-order valence-corrected chi connectivity index (χ4v) is 4.40. The molecule has 4 nitrogen and oxygen atoms in total. The standard InChI is InChI=1S/C21H25NO3S/c1-3-17(15-10-8-14(2)9-11-15)22-20(23)13-25-21(24)19-12-16-6-4-5-7-18(16)26-19/h8-12,17H,3-7,13H2,1-2H3,(H,22,23)/t17-/m1/s1. The van der Waals surface area contributed by atoms with E-state index in [9.17, 15) is 9.59 Å². The Morgan fingerprint density at radius 1 is 1.19 bits per heavy atom. The topological polar surface area (TPSA) is 55.4 Å². The summed E-state index contributed by atoms with van der Waals surface area (Å²) in [5.41, 5.74) is 3.51. The van der Waals surface area contributed by atoms with Crippen LogP contribution in [0.15, 0.2) is 30.3 Å². The van der Waals surface area contributed by atoms with Gasteiger partial charge < -0.3 is 10.1 Å². The lowest BCUT2D eigenvalue weighted by Crippen LogP contribution is -2.32. The summed E-state index contributed by atoms with van der Waals surface area (Å²) in [6, 6.07) is 9.96. The molecule has 0 radical (unpaired) electrons. The van der Waals surface area contributed by atoms with Crippen LogP contribution in [-0.2, 0) is 22.4 Å². The largest absolute Gasteiger partial charge is 0.451 e. The Kier molecular flexibility index (Phi) is 6.09. The number of carbonyl (C=O) groups excluding carboxylic acids is 2. The molecule has 1 aliphatic carbocycles. The molecule has 2 aromatic rings. The Hall–Kier alpha value is -2.14. The van der Waals surface area contributed by atoms with Gasteiger partial charge in [0.15, 0.2) is 6.61 Å². The van der Waals surface area contributed by atoms with Crippen molar-refractivity contribution >= 4 is 23.2 Å². The second-order valence-electron chi connectivity index (χ2n) is 6.78. The van der Waals surface area contributed by atoms with Crippen LogP contribution in [0, 0.1) is 6.92 Å². The average Bonchev–Trinajstić information content (AvgIpc) is 3.09. The van der Waals surface area contributed by atoms with Crippen LogP contribution in [0.5, 0.6) is 0 Å². The molecule has 1 amide bonds. The summed E-state index contributed by atoms with van der Waals surface area (Å²) in [4.78, 5) is 26.3. The zero-order chi connectivity index (χ0) is 18.5. The quantitative estimate of drug-likeness (QED) is 0.768. The van der Waals surface area contributed by atoms with E-state index >= 15 is 0 Å². The zero-order valence-corrected chi connectivity index (χ0v) is 16.2. The molecule has 0 unspecified atom stereocenters. The van der Waals surface area contributed by atoms with E-state index in [1.54, 1.807) is 0 Å². The summed E-state index contributed by atoms with van der Waals surface area (Å²) in [6.45, 7) is 3.81. The first-order valence-corrected chi connectivity index (χ1v) is 10.0. The van der Waals surface area contributed by atoms with Crippen molar-refractivity contribution in [1.29, 1.82) is 0 Å². The maximum absolute atomic E-state index is 12.2. The van der Waals surface area contributed by atoms with Crippen molar-refractivity contribution in [1.82, 2.24) is 5.32 Å². The lowest BCUT2D eigenvalue weighted by Gasteiger charge is -2.17. The van der Waals surface area contributed by atoms with Gasteiger partial charge in [-0.05, 0) is 56.2 Å². The Labute approximate surface area is 158 Å². The number of benzene rings is 1. The lowest BCUT2D eigenvalue weighted by atomic mass is 9.99. The molecule has 1 heterocycles. The molecule has 1 N–H and O–H groups in total. The molecule has 1 aromatic heterocycles. The minimum atomic E-state index is -0.400. The first-order valence-electron chi connectivity index (χ1n) is 9.21. The van der Waals surface area contributed by atoms with Crippen molar-refractivity contribution in [2.75, 3.05) is 6.61 Å². The molecule has 1 aromatic carbocycles. The van der Waals surface area contributed by atoms with Crippen molar-refractivity contribution in [3.63, 3.8) is 0 Å². The van der Waals surface area contributed by atoms with E-state index in [0.717, 1.165) is 24.8 Å². The molecule has 0 fully saturated rings. The highest BCUT2D eigenvalue weighted by Crippen LogP contribution is 2.30. The van der Waals surface area contributed by atoms with Crippen LogP contribution in [0.3, 0.4) is 0 Å². The zero-order valence-electron chi connectivity index (χ0n) is 15.3. The smallest absolute Gasteiger partial charge is 0.348 e. The van der Waals surface area contributed by atoms with Crippen molar-refractivity contribution in [2.24, 2.45) is 0 Å². The summed E-state index contributed by atoms with van der Waals surface area (Å²) in [5, 5.41) is 2.95. The number of esters is 1. The van der Waals surface area contributed by atoms with Crippen LogP contribution >= 0.6 is 11.3 Å². The normalized spacial score (nSPS) is 14.4. The monoisotopic (exact) mass is 371 g/mol. The van der Waals surface area contributed by atoms with Crippen LogP contribution < -0.4 is 5.32 Å². The van der Waals surface area contributed by atoms with E-state index in [2.05, 4.69) is 5.32 Å². The van der Waals surface area contributed by atoms with Gasteiger partial charge >= 0.3 is 5.97 Å². The Morgan fingerprint density at radius 2 is 1.92 bits per heavy atom. The van der Waals surface area contributed by atoms with Gasteiger partial charge in [-0.3, -0.25) is 4.79 Å². The Bertz CT molecular complexity index is 756. The Balaban J connectivity index is 1.53. The van der Waals surface area contributed by atoms with E-state index in [-0.39, 0.29) is 18.6 Å². The number of carbonyl (C=O) groups is 2. The third-order valence-electron chi connectivity index (χ3n) is 4.76. The number of nitrogens with one attached hydrogen (secondary N) is 1. The van der Waals surface area contributed by atoms with Crippen molar-refractivity contribution in [3.05, 3.63) is 56.8 Å². The minimum absolute atomic E-state index is 0.0733. The van der Waals surface area contributed by atoms with Gasteiger partial charge in [-0.25, -0.2) is 4.79 Å². The molecule has 0 aliphatic heterocycles. The number of hydrogen-bond donors (Lipinski definition) is 1. The van der Waals surface area contributed by atoms with Gasteiger partial charge in [0.25, 0.3) is 5.91 Å². The molecule has 0 spiro atoms. The predicted molar refractivity (Wildman–Crippen MR) is 104 cm³/mol. The summed E-state index contributed by atoms with van der Waals surface area (Å²) < 4.78 is 5.23. The fourth-order valence-electron chi connectivity index (χ4n) is 3.25. The van der Waals surface area contributed by atoms with Crippen LogP contribution in [0.1, 0.15) is 63.5 Å². The van der Waals surface area contributed by atoms with Crippen molar-refractivity contribution in [3.8, 4) is 0 Å². The molecule has 0 bridgehead atoms. The van der Waals surface area contributed by atoms with E-state index in [0.29, 0.717) is 4.88 Å². The molecular weight excluding hydrogens is 346 g/mol. The van der Waals surface area contributed by atoms with Gasteiger partial charge in [-0.1, -0.05) is 36.8 Å². The first kappa shape index (κ1) is 18.6. The number of aryl methyl sites for hydroxylation is 3. The van der Waals surface area contributed by atoms with E-state index < -0.39 is 5.97 Å². The van der Waals surface area contributed by atoms with Gasteiger partial charge in [-0.15, -0.1) is 11.3 Å². The molecule has 0 saturated heterocycles. The highest BCUT2D eigenvalue weighted by molar-refractivity contribution is 7.14. The highest BCUT2D eigenvalue weighted by Gasteiger charge is 2.19. The highest BCUT2D eigenvalue weighted by atomic mass is 32.1. The lowest BCUT2D eigenvalue weighted by molar-refractivity contribution is -0.125. The van der Waals surface area contributed by atoms with Gasteiger partial charge in [0.2, 0.25) is 0 Å². The fraction of sp³-hybridized carbons (Fsp3) is 0.429. The molecule has 1 atom stereocenters. The van der Waals surface area contributed by atoms with Crippen molar-refractivity contribution in [2.45, 2.75) is 52.0 Å². The molecule has 1 aliphatic rings. The SMILES string of the molecule is CC[C@@H](NC(=O)COC(=O)c1cc2c(s1)CCCC2)c1ccc(C)cc1.